The van der Waals surface area contributed by atoms with E-state index in [0.29, 0.717) is 0 Å². The standard InChI is InChI=1S/C7H12N2/c1-7(9-8-2)5-3-4-6(5)7/h5-6H,3-4H2,1-2H3/b9-8+/t5-,6?,7?/m1/s1. The molecule has 0 spiro atoms. The Morgan fingerprint density at radius 1 is 1.33 bits per heavy atom. The Hall–Kier alpha value is -0.400. The highest BCUT2D eigenvalue weighted by Gasteiger charge is 2.67. The first-order chi connectivity index (χ1) is 4.29. The van der Waals surface area contributed by atoms with Gasteiger partial charge in [0, 0.05) is 7.05 Å². The van der Waals surface area contributed by atoms with Crippen LogP contribution in [0.15, 0.2) is 10.2 Å². The van der Waals surface area contributed by atoms with Crippen LogP contribution in [0, 0.1) is 11.8 Å². The maximum Gasteiger partial charge on any atom is 0.0850 e. The van der Waals surface area contributed by atoms with Crippen LogP contribution in [0.5, 0.6) is 0 Å². The smallest absolute Gasteiger partial charge is 0.0850 e. The highest BCUT2D eigenvalue weighted by atomic mass is 15.2. The van der Waals surface area contributed by atoms with Crippen molar-refractivity contribution in [3.8, 4) is 0 Å². The first-order valence-electron chi connectivity index (χ1n) is 3.60. The Balaban J connectivity index is 2.11. The second-order valence-corrected chi connectivity index (χ2v) is 3.32. The van der Waals surface area contributed by atoms with Crippen LogP contribution in [0.4, 0.5) is 0 Å². The highest BCUT2D eigenvalue weighted by Crippen LogP contribution is 2.66. The van der Waals surface area contributed by atoms with Gasteiger partial charge in [0.2, 0.25) is 0 Å². The predicted molar refractivity (Wildman–Crippen MR) is 35.4 cm³/mol. The van der Waals surface area contributed by atoms with Crippen LogP contribution < -0.4 is 0 Å². The van der Waals surface area contributed by atoms with Gasteiger partial charge in [0.05, 0.1) is 5.54 Å². The molecule has 2 heteroatoms. The zero-order valence-electron chi connectivity index (χ0n) is 5.96. The third-order valence-corrected chi connectivity index (χ3v) is 2.98. The van der Waals surface area contributed by atoms with Gasteiger partial charge >= 0.3 is 0 Å². The van der Waals surface area contributed by atoms with Crippen molar-refractivity contribution in [2.75, 3.05) is 7.05 Å². The van der Waals surface area contributed by atoms with E-state index in [0.717, 1.165) is 11.8 Å². The van der Waals surface area contributed by atoms with Crippen LogP contribution in [0.25, 0.3) is 0 Å². The van der Waals surface area contributed by atoms with E-state index >= 15 is 0 Å². The van der Waals surface area contributed by atoms with Gasteiger partial charge in [-0.2, -0.15) is 10.2 Å². The molecule has 2 saturated carbocycles. The summed E-state index contributed by atoms with van der Waals surface area (Å²) in [6, 6.07) is 0. The molecule has 0 radical (unpaired) electrons. The van der Waals surface area contributed by atoms with Gasteiger partial charge in [0.1, 0.15) is 0 Å². The summed E-state index contributed by atoms with van der Waals surface area (Å²) in [6.07, 6.45) is 2.78. The van der Waals surface area contributed by atoms with Crippen LogP contribution in [0.1, 0.15) is 19.8 Å². The summed E-state index contributed by atoms with van der Waals surface area (Å²) in [6.45, 7) is 2.22. The Bertz CT molecular complexity index is 152. The molecule has 0 N–H and O–H groups in total. The van der Waals surface area contributed by atoms with Crippen LogP contribution in [0.3, 0.4) is 0 Å². The van der Waals surface area contributed by atoms with E-state index in [1.807, 2.05) is 0 Å². The van der Waals surface area contributed by atoms with Crippen molar-refractivity contribution in [3.63, 3.8) is 0 Å². The molecule has 50 valence electrons. The van der Waals surface area contributed by atoms with Gasteiger partial charge in [0.25, 0.3) is 0 Å². The van der Waals surface area contributed by atoms with Crippen molar-refractivity contribution in [2.45, 2.75) is 25.3 Å². The molecule has 2 aliphatic rings. The second-order valence-electron chi connectivity index (χ2n) is 3.32. The molecular weight excluding hydrogens is 112 g/mol. The third kappa shape index (κ3) is 0.467. The molecule has 2 nitrogen and oxygen atoms in total. The molecule has 0 amide bonds. The van der Waals surface area contributed by atoms with Crippen LogP contribution in [0.2, 0.25) is 0 Å². The Kier molecular flexibility index (Phi) is 0.815. The fourth-order valence-electron chi connectivity index (χ4n) is 2.13. The van der Waals surface area contributed by atoms with Crippen molar-refractivity contribution in [3.05, 3.63) is 0 Å². The lowest BCUT2D eigenvalue weighted by molar-refractivity contribution is 0.468. The maximum absolute atomic E-state index is 4.22. The summed E-state index contributed by atoms with van der Waals surface area (Å²) >= 11 is 0. The van der Waals surface area contributed by atoms with E-state index in [-0.39, 0.29) is 5.54 Å². The quantitative estimate of drug-likeness (QED) is 0.477. The number of hydrogen-bond acceptors (Lipinski definition) is 2. The lowest BCUT2D eigenvalue weighted by Crippen LogP contribution is -1.97. The van der Waals surface area contributed by atoms with Crippen molar-refractivity contribution in [1.82, 2.24) is 0 Å². The molecule has 2 aliphatic carbocycles. The van der Waals surface area contributed by atoms with E-state index in [4.69, 9.17) is 0 Å². The van der Waals surface area contributed by atoms with E-state index in [2.05, 4.69) is 17.2 Å². The summed E-state index contributed by atoms with van der Waals surface area (Å²) in [5, 5.41) is 8.05. The van der Waals surface area contributed by atoms with E-state index < -0.39 is 0 Å². The number of hydrogen-bond donors (Lipinski definition) is 0. The predicted octanol–water partition coefficient (Wildman–Crippen LogP) is 1.87. The molecule has 3 atom stereocenters. The van der Waals surface area contributed by atoms with Crippen LogP contribution >= 0.6 is 0 Å². The van der Waals surface area contributed by atoms with Crippen molar-refractivity contribution in [1.29, 1.82) is 0 Å². The molecule has 2 unspecified atom stereocenters. The lowest BCUT2D eigenvalue weighted by Gasteiger charge is -2.03. The fourth-order valence-corrected chi connectivity index (χ4v) is 2.13. The Labute approximate surface area is 55.4 Å². The summed E-state index contributed by atoms with van der Waals surface area (Å²) < 4.78 is 0. The van der Waals surface area contributed by atoms with Gasteiger partial charge in [0.15, 0.2) is 0 Å². The van der Waals surface area contributed by atoms with Gasteiger partial charge in [-0.1, -0.05) is 0 Å². The monoisotopic (exact) mass is 124 g/mol. The van der Waals surface area contributed by atoms with E-state index in [1.54, 1.807) is 7.05 Å². The summed E-state index contributed by atoms with van der Waals surface area (Å²) in [5.74, 6) is 1.81. The molecule has 9 heavy (non-hydrogen) atoms. The van der Waals surface area contributed by atoms with Crippen molar-refractivity contribution < 1.29 is 0 Å². The van der Waals surface area contributed by atoms with Gasteiger partial charge < -0.3 is 0 Å². The fraction of sp³-hybridized carbons (Fsp3) is 1.00. The van der Waals surface area contributed by atoms with Crippen LogP contribution in [-0.2, 0) is 0 Å². The van der Waals surface area contributed by atoms with Crippen molar-refractivity contribution >= 4 is 0 Å². The van der Waals surface area contributed by atoms with Crippen LogP contribution in [-0.4, -0.2) is 12.6 Å². The maximum atomic E-state index is 4.22. The van der Waals surface area contributed by atoms with E-state index in [9.17, 15) is 0 Å². The Morgan fingerprint density at radius 3 is 2.22 bits per heavy atom. The largest absolute Gasteiger partial charge is 0.197 e. The number of fused-ring (bicyclic) bond motifs is 1. The molecule has 2 fully saturated rings. The van der Waals surface area contributed by atoms with Gasteiger partial charge in [-0.15, -0.1) is 0 Å². The summed E-state index contributed by atoms with van der Waals surface area (Å²) in [4.78, 5) is 0. The topological polar surface area (TPSA) is 24.7 Å². The SMILES string of the molecule is C/N=N/C1(C)C2CC[C@H]21. The average Bonchev–Trinajstić information content (AvgIpc) is 1.97. The zero-order chi connectivity index (χ0) is 6.48. The average molecular weight is 124 g/mol. The molecule has 0 bridgehead atoms. The number of azo groups is 1. The molecule has 0 heterocycles. The van der Waals surface area contributed by atoms with Gasteiger partial charge in [-0.25, -0.2) is 0 Å². The minimum Gasteiger partial charge on any atom is -0.197 e. The third-order valence-electron chi connectivity index (χ3n) is 2.98. The highest BCUT2D eigenvalue weighted by molar-refractivity contribution is 5.20. The molecule has 0 aromatic carbocycles. The molecule has 0 aromatic rings. The second kappa shape index (κ2) is 1.36. The summed E-state index contributed by atoms with van der Waals surface area (Å²) in [5.41, 5.74) is 0.286. The molecule has 2 rings (SSSR count). The first kappa shape index (κ1) is 5.39. The normalized spacial score (nSPS) is 54.9. The summed E-state index contributed by atoms with van der Waals surface area (Å²) in [7, 11) is 1.77. The van der Waals surface area contributed by atoms with Crippen molar-refractivity contribution in [2.24, 2.45) is 22.1 Å². The molecule has 0 aliphatic heterocycles. The number of rotatable bonds is 1. The molecule has 0 saturated heterocycles. The minimum absolute atomic E-state index is 0.286. The lowest BCUT2D eigenvalue weighted by atomic mass is 10.0. The number of nitrogens with zero attached hydrogens (tertiary/aromatic N) is 2. The molecule has 0 aromatic heterocycles. The molecular formula is C7H12N2. The van der Waals surface area contributed by atoms with Gasteiger partial charge in [-0.3, -0.25) is 0 Å². The van der Waals surface area contributed by atoms with E-state index in [1.165, 1.54) is 12.8 Å². The first-order valence-corrected chi connectivity index (χ1v) is 3.60. The zero-order valence-corrected chi connectivity index (χ0v) is 5.96. The minimum atomic E-state index is 0.286. The van der Waals surface area contributed by atoms with Gasteiger partial charge in [-0.05, 0) is 31.6 Å². The Morgan fingerprint density at radius 2 is 1.89 bits per heavy atom.